The zero-order valence-electron chi connectivity index (χ0n) is 8.18. The van der Waals surface area contributed by atoms with Crippen LogP contribution >= 0.6 is 0 Å². The largest absolute Gasteiger partial charge is 0.501 e. The van der Waals surface area contributed by atoms with Crippen LogP contribution in [0.15, 0.2) is 35.9 Å². The molecule has 1 aliphatic rings. The molecular formula is C11H8N2O3. The normalized spacial score (nSPS) is 19.4. The number of ether oxygens (including phenoxy) is 1. The number of hydrogen-bond donors (Lipinski definition) is 2. The molecule has 1 atom stereocenters. The number of ketones is 1. The van der Waals surface area contributed by atoms with E-state index in [-0.39, 0.29) is 5.88 Å². The first-order valence-corrected chi connectivity index (χ1v) is 4.53. The summed E-state index contributed by atoms with van der Waals surface area (Å²) in [7, 11) is 0. The van der Waals surface area contributed by atoms with E-state index in [1.165, 1.54) is 0 Å². The fourth-order valence-corrected chi connectivity index (χ4v) is 1.43. The number of aliphatic hydroxyl groups excluding tert-OH is 1. The molecule has 0 saturated heterocycles. The second-order valence-electron chi connectivity index (χ2n) is 3.31. The van der Waals surface area contributed by atoms with Gasteiger partial charge < -0.3 is 15.6 Å². The van der Waals surface area contributed by atoms with E-state index in [0.29, 0.717) is 11.1 Å². The third-order valence-corrected chi connectivity index (χ3v) is 2.29. The number of hydrogen-bond acceptors (Lipinski definition) is 5. The van der Waals surface area contributed by atoms with Crippen LogP contribution in [0.2, 0.25) is 0 Å². The predicted molar refractivity (Wildman–Crippen MR) is 53.8 cm³/mol. The Hall–Kier alpha value is -2.48. The van der Waals surface area contributed by atoms with Crippen molar-refractivity contribution < 1.29 is 14.6 Å². The lowest BCUT2D eigenvalue weighted by Crippen LogP contribution is -2.09. The monoisotopic (exact) mass is 216 g/mol. The van der Waals surface area contributed by atoms with Gasteiger partial charge in [0.25, 0.3) is 0 Å². The first-order valence-electron chi connectivity index (χ1n) is 4.53. The first kappa shape index (κ1) is 10.1. The van der Waals surface area contributed by atoms with Crippen molar-refractivity contribution in [2.45, 2.75) is 6.10 Å². The second-order valence-corrected chi connectivity index (χ2v) is 3.31. The fourth-order valence-electron chi connectivity index (χ4n) is 1.43. The van der Waals surface area contributed by atoms with E-state index >= 15 is 0 Å². The summed E-state index contributed by atoms with van der Waals surface area (Å²) in [6.45, 7) is 0. The van der Waals surface area contributed by atoms with Gasteiger partial charge in [0, 0.05) is 5.56 Å². The molecule has 1 aliphatic heterocycles. The molecule has 0 radical (unpaired) electrons. The molecule has 0 aromatic heterocycles. The molecule has 0 bridgehead atoms. The smallest absolute Gasteiger partial charge is 0.247 e. The summed E-state index contributed by atoms with van der Waals surface area (Å²) < 4.78 is 5.02. The van der Waals surface area contributed by atoms with Crippen LogP contribution in [-0.4, -0.2) is 10.9 Å². The topological polar surface area (TPSA) is 96.3 Å². The Balaban J connectivity index is 2.28. The Morgan fingerprint density at radius 3 is 2.44 bits per heavy atom. The molecule has 3 N–H and O–H groups in total. The highest BCUT2D eigenvalue weighted by molar-refractivity contribution is 5.99. The number of nitrogens with zero attached hydrogens (tertiary/aromatic N) is 1. The number of benzene rings is 1. The molecule has 80 valence electrons. The maximum Gasteiger partial charge on any atom is 0.247 e. The number of Topliss-reactive ketones (excluding diaryl/α,β-unsaturated/α-hetero) is 1. The second kappa shape index (κ2) is 3.59. The van der Waals surface area contributed by atoms with Crippen molar-refractivity contribution >= 4 is 5.78 Å². The average Bonchev–Trinajstić information content (AvgIpc) is 2.57. The van der Waals surface area contributed by atoms with E-state index in [9.17, 15) is 9.90 Å². The molecule has 1 aromatic carbocycles. The molecule has 0 aliphatic carbocycles. The van der Waals surface area contributed by atoms with Crippen molar-refractivity contribution in [2.75, 3.05) is 0 Å². The number of aliphatic hydroxyl groups is 1. The Morgan fingerprint density at radius 1 is 1.38 bits per heavy atom. The molecule has 1 aromatic rings. The van der Waals surface area contributed by atoms with E-state index in [1.54, 1.807) is 24.3 Å². The summed E-state index contributed by atoms with van der Waals surface area (Å²) in [6, 6.07) is 8.28. The lowest BCUT2D eigenvalue weighted by molar-refractivity contribution is -0.123. The van der Waals surface area contributed by atoms with E-state index < -0.39 is 17.6 Å². The Labute approximate surface area is 91.4 Å². The quantitative estimate of drug-likeness (QED) is 0.726. The number of nitrogens with two attached hydrogens (primary N) is 1. The third-order valence-electron chi connectivity index (χ3n) is 2.29. The van der Waals surface area contributed by atoms with Gasteiger partial charge in [-0.2, -0.15) is 5.26 Å². The minimum absolute atomic E-state index is 0.264. The van der Waals surface area contributed by atoms with E-state index in [4.69, 9.17) is 15.7 Å². The Kier molecular flexibility index (Phi) is 2.25. The van der Waals surface area contributed by atoms with E-state index in [2.05, 4.69) is 0 Å². The molecule has 2 rings (SSSR count). The van der Waals surface area contributed by atoms with Crippen molar-refractivity contribution in [1.29, 1.82) is 5.26 Å². The van der Waals surface area contributed by atoms with Crippen molar-refractivity contribution in [3.8, 4) is 6.07 Å². The average molecular weight is 216 g/mol. The molecule has 0 spiro atoms. The van der Waals surface area contributed by atoms with Crippen LogP contribution in [0, 0.1) is 11.3 Å². The van der Waals surface area contributed by atoms with Crippen LogP contribution < -0.4 is 5.73 Å². The van der Waals surface area contributed by atoms with Gasteiger partial charge in [-0.15, -0.1) is 0 Å². The molecule has 0 amide bonds. The van der Waals surface area contributed by atoms with Crippen LogP contribution in [0.1, 0.15) is 17.2 Å². The van der Waals surface area contributed by atoms with E-state index in [0.717, 1.165) is 0 Å². The predicted octanol–water partition coefficient (Wildman–Crippen LogP) is 0.884. The highest BCUT2D eigenvalue weighted by atomic mass is 16.5. The summed E-state index contributed by atoms with van der Waals surface area (Å²) in [5, 5.41) is 17.8. The molecule has 5 heteroatoms. The summed E-state index contributed by atoms with van der Waals surface area (Å²) >= 11 is 0. The SMILES string of the molecule is N#Cc1ccc(C2OC(N)=C(O)C2=O)cc1. The van der Waals surface area contributed by atoms with Gasteiger partial charge in [0.05, 0.1) is 11.6 Å². The third kappa shape index (κ3) is 1.46. The molecule has 0 saturated carbocycles. The van der Waals surface area contributed by atoms with Crippen LogP contribution in [0.3, 0.4) is 0 Å². The standard InChI is InChI=1S/C11H8N2O3/c12-5-6-1-3-7(4-2-6)10-8(14)9(15)11(13)16-10/h1-4,10,15H,13H2. The van der Waals surface area contributed by atoms with Gasteiger partial charge in [-0.1, -0.05) is 12.1 Å². The molecule has 5 nitrogen and oxygen atoms in total. The lowest BCUT2D eigenvalue weighted by atomic mass is 10.0. The van der Waals surface area contributed by atoms with Gasteiger partial charge in [0.15, 0.2) is 6.10 Å². The van der Waals surface area contributed by atoms with Crippen LogP contribution in [0.4, 0.5) is 0 Å². The zero-order chi connectivity index (χ0) is 11.7. The van der Waals surface area contributed by atoms with Crippen molar-refractivity contribution in [3.05, 3.63) is 47.0 Å². The number of nitriles is 1. The van der Waals surface area contributed by atoms with Crippen LogP contribution in [0.25, 0.3) is 0 Å². The molecule has 1 unspecified atom stereocenters. The maximum atomic E-state index is 11.5. The fraction of sp³-hybridized carbons (Fsp3) is 0.0909. The van der Waals surface area contributed by atoms with Crippen LogP contribution in [0.5, 0.6) is 0 Å². The first-order chi connectivity index (χ1) is 7.63. The lowest BCUT2D eigenvalue weighted by Gasteiger charge is -2.09. The summed E-state index contributed by atoms with van der Waals surface area (Å²) in [6.07, 6.45) is -0.909. The van der Waals surface area contributed by atoms with Gasteiger partial charge in [0.1, 0.15) is 0 Å². The number of carbonyl (C=O) groups excluding carboxylic acids is 1. The molecule has 0 fully saturated rings. The highest BCUT2D eigenvalue weighted by Crippen LogP contribution is 2.29. The number of carbonyl (C=O) groups is 1. The summed E-state index contributed by atoms with van der Waals surface area (Å²) in [5.41, 5.74) is 6.32. The van der Waals surface area contributed by atoms with Gasteiger partial charge in [0.2, 0.25) is 17.4 Å². The number of rotatable bonds is 1. The van der Waals surface area contributed by atoms with Crippen LogP contribution in [-0.2, 0) is 9.53 Å². The zero-order valence-corrected chi connectivity index (χ0v) is 8.18. The summed E-state index contributed by atoms with van der Waals surface area (Å²) in [5.74, 6) is -1.38. The van der Waals surface area contributed by atoms with Gasteiger partial charge in [-0.25, -0.2) is 0 Å². The maximum absolute atomic E-state index is 11.5. The molecule has 16 heavy (non-hydrogen) atoms. The molecular weight excluding hydrogens is 208 g/mol. The van der Waals surface area contributed by atoms with Crippen molar-refractivity contribution in [1.82, 2.24) is 0 Å². The van der Waals surface area contributed by atoms with Gasteiger partial charge in [-0.3, -0.25) is 4.79 Å². The highest BCUT2D eigenvalue weighted by Gasteiger charge is 2.35. The molecule has 1 heterocycles. The van der Waals surface area contributed by atoms with Gasteiger partial charge >= 0.3 is 0 Å². The summed E-state index contributed by atoms with van der Waals surface area (Å²) in [4.78, 5) is 11.5. The Morgan fingerprint density at radius 2 is 2.00 bits per heavy atom. The minimum Gasteiger partial charge on any atom is -0.501 e. The van der Waals surface area contributed by atoms with Crippen molar-refractivity contribution in [3.63, 3.8) is 0 Å². The van der Waals surface area contributed by atoms with E-state index in [1.807, 2.05) is 6.07 Å². The Bertz CT molecular complexity index is 511. The van der Waals surface area contributed by atoms with Crippen molar-refractivity contribution in [2.24, 2.45) is 5.73 Å². The minimum atomic E-state index is -0.909. The van der Waals surface area contributed by atoms with Gasteiger partial charge in [-0.05, 0) is 12.1 Å².